The van der Waals surface area contributed by atoms with Crippen LogP contribution in [0, 0.1) is 0 Å². The molecule has 1 aromatic carbocycles. The van der Waals surface area contributed by atoms with E-state index in [2.05, 4.69) is 15.6 Å². The van der Waals surface area contributed by atoms with Gasteiger partial charge in [0.05, 0.1) is 12.3 Å². The van der Waals surface area contributed by atoms with Crippen LogP contribution in [0.3, 0.4) is 0 Å². The zero-order valence-corrected chi connectivity index (χ0v) is 18.1. The van der Waals surface area contributed by atoms with Gasteiger partial charge in [0.2, 0.25) is 5.91 Å². The predicted octanol–water partition coefficient (Wildman–Crippen LogP) is 4.05. The van der Waals surface area contributed by atoms with Crippen molar-refractivity contribution in [2.75, 3.05) is 19.6 Å². The number of benzene rings is 1. The van der Waals surface area contributed by atoms with Crippen molar-refractivity contribution in [1.82, 2.24) is 10.6 Å². The van der Waals surface area contributed by atoms with Gasteiger partial charge in [0.15, 0.2) is 0 Å². The van der Waals surface area contributed by atoms with E-state index in [-0.39, 0.29) is 18.2 Å². The van der Waals surface area contributed by atoms with Crippen molar-refractivity contribution in [3.63, 3.8) is 0 Å². The van der Waals surface area contributed by atoms with E-state index in [1.165, 1.54) is 19.3 Å². The molecule has 2 aliphatic rings. The molecule has 0 aromatic heterocycles. The van der Waals surface area contributed by atoms with Gasteiger partial charge in [-0.05, 0) is 42.4 Å². The van der Waals surface area contributed by atoms with Crippen LogP contribution in [0.4, 0.5) is 0 Å². The third kappa shape index (κ3) is 7.70. The molecule has 31 heavy (non-hydrogen) atoms. The summed E-state index contributed by atoms with van der Waals surface area (Å²) < 4.78 is 0. The second-order valence-electron chi connectivity index (χ2n) is 8.21. The monoisotopic (exact) mass is 423 g/mol. The number of fused-ring (bicyclic) bond motifs is 1. The summed E-state index contributed by atoms with van der Waals surface area (Å²) >= 11 is 0. The fourth-order valence-corrected chi connectivity index (χ4v) is 4.03. The molecule has 0 saturated carbocycles. The maximum atomic E-state index is 12.3. The number of allylic oxidation sites excluding steroid dienone is 1. The number of carbonyl (C=O) groups is 2. The van der Waals surface area contributed by atoms with Gasteiger partial charge >= 0.3 is 5.97 Å². The van der Waals surface area contributed by atoms with Gasteiger partial charge in [-0.25, -0.2) is 0 Å². The van der Waals surface area contributed by atoms with Crippen molar-refractivity contribution in [3.05, 3.63) is 53.1 Å². The highest BCUT2D eigenvalue weighted by atomic mass is 16.4. The molecule has 1 aliphatic carbocycles. The molecule has 6 nitrogen and oxygen atoms in total. The van der Waals surface area contributed by atoms with E-state index in [0.717, 1.165) is 54.9 Å². The summed E-state index contributed by atoms with van der Waals surface area (Å²) in [7, 11) is 0. The zero-order valence-electron chi connectivity index (χ0n) is 18.1. The number of carboxylic acids is 1. The van der Waals surface area contributed by atoms with Crippen LogP contribution in [0.2, 0.25) is 0 Å². The molecule has 0 spiro atoms. The van der Waals surface area contributed by atoms with Crippen LogP contribution in [-0.4, -0.2) is 42.5 Å². The lowest BCUT2D eigenvalue weighted by molar-refractivity contribution is -0.137. The molecule has 0 fully saturated rings. The molecule has 0 saturated heterocycles. The number of amides is 1. The first-order valence-electron chi connectivity index (χ1n) is 11.3. The summed E-state index contributed by atoms with van der Waals surface area (Å²) in [6, 6.07) is 7.84. The van der Waals surface area contributed by atoms with Crippen molar-refractivity contribution in [2.45, 2.75) is 57.3 Å². The molecule has 3 N–H and O–H groups in total. The third-order valence-corrected chi connectivity index (χ3v) is 5.71. The molecular weight excluding hydrogens is 390 g/mol. The third-order valence-electron chi connectivity index (χ3n) is 5.71. The van der Waals surface area contributed by atoms with Crippen LogP contribution in [0.5, 0.6) is 0 Å². The van der Waals surface area contributed by atoms with Gasteiger partial charge in [0.1, 0.15) is 0 Å². The first-order chi connectivity index (χ1) is 15.1. The van der Waals surface area contributed by atoms with Crippen LogP contribution >= 0.6 is 0 Å². The summed E-state index contributed by atoms with van der Waals surface area (Å²) in [5.74, 6) is 0.113. The van der Waals surface area contributed by atoms with Crippen LogP contribution < -0.4 is 10.6 Å². The molecule has 6 heteroatoms. The minimum absolute atomic E-state index is 0.0256. The number of nitrogens with one attached hydrogen (secondary N) is 2. The Kier molecular flexibility index (Phi) is 8.88. The standard InChI is InChI=1S/C25H33N3O3/c29-24(11-5-7-15-27-23-10-2-1-6-14-26-23)28-18-19-12-13-20-8-3-4-9-22(20)21(16-19)17-25(30)31/h3-4,8-9,12-13,16,21H,1-2,5-7,10-11,14-15,17-18H2,(H,26,27)(H,28,29)(H,30,31). The second-order valence-corrected chi connectivity index (χ2v) is 8.21. The molecule has 0 bridgehead atoms. The maximum Gasteiger partial charge on any atom is 0.304 e. The number of carbonyl (C=O) groups excluding carboxylic acids is 1. The molecule has 1 aromatic rings. The van der Waals surface area contributed by atoms with Gasteiger partial charge in [-0.2, -0.15) is 0 Å². The van der Waals surface area contributed by atoms with E-state index in [4.69, 9.17) is 0 Å². The van der Waals surface area contributed by atoms with E-state index < -0.39 is 5.97 Å². The molecule has 1 aliphatic heterocycles. The Morgan fingerprint density at radius 2 is 1.97 bits per heavy atom. The quantitative estimate of drug-likeness (QED) is 0.523. The first kappa shape index (κ1) is 22.8. The fraction of sp³-hybridized carbons (Fsp3) is 0.480. The highest BCUT2D eigenvalue weighted by Crippen LogP contribution is 2.30. The SMILES string of the molecule is O=C(O)CC1C=C(CNC(=O)CCCCNC2=NCCCCC2)C=Cc2ccccc21. The molecule has 166 valence electrons. The predicted molar refractivity (Wildman–Crippen MR) is 124 cm³/mol. The Labute approximate surface area is 184 Å². The number of aliphatic carboxylic acids is 1. The van der Waals surface area contributed by atoms with Crippen LogP contribution in [0.15, 0.2) is 47.0 Å². The summed E-state index contributed by atoms with van der Waals surface area (Å²) in [6.07, 6.45) is 12.9. The highest BCUT2D eigenvalue weighted by molar-refractivity contribution is 5.82. The number of carboxylic acid groups (broad SMARTS) is 1. The van der Waals surface area contributed by atoms with Gasteiger partial charge in [0, 0.05) is 38.4 Å². The van der Waals surface area contributed by atoms with E-state index in [1.54, 1.807) is 0 Å². The van der Waals surface area contributed by atoms with Crippen LogP contribution in [0.25, 0.3) is 6.08 Å². The lowest BCUT2D eigenvalue weighted by Gasteiger charge is -2.14. The number of unbranched alkanes of at least 4 members (excludes halogenated alkanes) is 1. The van der Waals surface area contributed by atoms with Crippen LogP contribution in [-0.2, 0) is 9.59 Å². The van der Waals surface area contributed by atoms with Gasteiger partial charge in [0.25, 0.3) is 0 Å². The average molecular weight is 424 g/mol. The van der Waals surface area contributed by atoms with Crippen molar-refractivity contribution in [1.29, 1.82) is 0 Å². The highest BCUT2D eigenvalue weighted by Gasteiger charge is 2.18. The Hall–Kier alpha value is -2.89. The second kappa shape index (κ2) is 12.1. The number of rotatable bonds is 9. The largest absolute Gasteiger partial charge is 0.481 e. The molecule has 0 radical (unpaired) electrons. The lowest BCUT2D eigenvalue weighted by Crippen LogP contribution is -2.26. The number of hydrogen-bond donors (Lipinski definition) is 3. The topological polar surface area (TPSA) is 90.8 Å². The number of nitrogens with zero attached hydrogens (tertiary/aromatic N) is 1. The minimum atomic E-state index is -0.829. The van der Waals surface area contributed by atoms with E-state index >= 15 is 0 Å². The van der Waals surface area contributed by atoms with Crippen LogP contribution in [0.1, 0.15) is 68.4 Å². The molecule has 1 amide bonds. The summed E-state index contributed by atoms with van der Waals surface area (Å²) in [5, 5.41) is 15.7. The molecule has 1 atom stereocenters. The van der Waals surface area contributed by atoms with Crippen molar-refractivity contribution in [3.8, 4) is 0 Å². The molecule has 1 unspecified atom stereocenters. The lowest BCUT2D eigenvalue weighted by atomic mass is 9.91. The van der Waals surface area contributed by atoms with Gasteiger partial charge in [-0.3, -0.25) is 14.6 Å². The minimum Gasteiger partial charge on any atom is -0.481 e. The Balaban J connectivity index is 1.42. The number of hydrogen-bond acceptors (Lipinski definition) is 4. The van der Waals surface area contributed by atoms with E-state index in [9.17, 15) is 14.7 Å². The van der Waals surface area contributed by atoms with Crippen molar-refractivity contribution >= 4 is 23.8 Å². The zero-order chi connectivity index (χ0) is 21.9. The number of aliphatic imine (C=N–C) groups is 1. The van der Waals surface area contributed by atoms with Gasteiger partial charge < -0.3 is 15.7 Å². The maximum absolute atomic E-state index is 12.3. The molecule has 3 rings (SSSR count). The average Bonchev–Trinajstić information content (AvgIpc) is 3.11. The van der Waals surface area contributed by atoms with Gasteiger partial charge in [-0.15, -0.1) is 0 Å². The fourth-order valence-electron chi connectivity index (χ4n) is 4.03. The van der Waals surface area contributed by atoms with Gasteiger partial charge in [-0.1, -0.05) is 48.9 Å². The number of amidine groups is 1. The normalized spacial score (nSPS) is 18.1. The summed E-state index contributed by atoms with van der Waals surface area (Å²) in [5.41, 5.74) is 2.97. The Bertz CT molecular complexity index is 857. The summed E-state index contributed by atoms with van der Waals surface area (Å²) in [6.45, 7) is 2.19. The van der Waals surface area contributed by atoms with E-state index in [0.29, 0.717) is 13.0 Å². The smallest absolute Gasteiger partial charge is 0.304 e. The first-order valence-corrected chi connectivity index (χ1v) is 11.3. The van der Waals surface area contributed by atoms with Crippen molar-refractivity contribution < 1.29 is 14.7 Å². The summed E-state index contributed by atoms with van der Waals surface area (Å²) in [4.78, 5) is 28.1. The molecule has 1 heterocycles. The van der Waals surface area contributed by atoms with E-state index in [1.807, 2.05) is 42.5 Å². The Morgan fingerprint density at radius 1 is 1.10 bits per heavy atom. The van der Waals surface area contributed by atoms with Crippen molar-refractivity contribution in [2.24, 2.45) is 4.99 Å². The Morgan fingerprint density at radius 3 is 2.84 bits per heavy atom. The molecular formula is C25H33N3O3.